The summed E-state index contributed by atoms with van der Waals surface area (Å²) in [6.45, 7) is 8.80. The SMILES string of the molecule is Br.CCOC(=O)c1c(C(=O)OCC)c(C)n(NC2=NCCN2)c1C. The lowest BCUT2D eigenvalue weighted by molar-refractivity contribution is 0.0479. The highest BCUT2D eigenvalue weighted by molar-refractivity contribution is 8.93. The van der Waals surface area contributed by atoms with Crippen molar-refractivity contribution in [3.63, 3.8) is 0 Å². The van der Waals surface area contributed by atoms with Gasteiger partial charge >= 0.3 is 11.9 Å². The smallest absolute Gasteiger partial charge is 0.340 e. The first-order valence-corrected chi connectivity index (χ1v) is 7.62. The summed E-state index contributed by atoms with van der Waals surface area (Å²) < 4.78 is 11.8. The summed E-state index contributed by atoms with van der Waals surface area (Å²) in [5.74, 6) is -0.493. The third kappa shape index (κ3) is 3.89. The average molecular weight is 403 g/mol. The normalized spacial score (nSPS) is 12.8. The number of hydrogen-bond donors (Lipinski definition) is 2. The number of ether oxygens (including phenoxy) is 2. The van der Waals surface area contributed by atoms with E-state index < -0.39 is 11.9 Å². The van der Waals surface area contributed by atoms with E-state index in [0.29, 0.717) is 23.9 Å². The van der Waals surface area contributed by atoms with Crippen LogP contribution in [-0.2, 0) is 9.47 Å². The van der Waals surface area contributed by atoms with Crippen LogP contribution in [0.4, 0.5) is 0 Å². The van der Waals surface area contributed by atoms with Crippen LogP contribution in [0.1, 0.15) is 46.0 Å². The first kappa shape index (κ1) is 20.0. The predicted molar refractivity (Wildman–Crippen MR) is 95.8 cm³/mol. The molecule has 1 aliphatic heterocycles. The van der Waals surface area contributed by atoms with Crippen molar-refractivity contribution in [3.8, 4) is 0 Å². The monoisotopic (exact) mass is 402 g/mol. The van der Waals surface area contributed by atoms with Gasteiger partial charge in [0, 0.05) is 6.54 Å². The lowest BCUT2D eigenvalue weighted by Gasteiger charge is -2.12. The van der Waals surface area contributed by atoms with Crippen molar-refractivity contribution in [2.45, 2.75) is 27.7 Å². The van der Waals surface area contributed by atoms with Crippen molar-refractivity contribution in [2.24, 2.45) is 4.99 Å². The Labute approximate surface area is 151 Å². The molecule has 2 heterocycles. The van der Waals surface area contributed by atoms with Gasteiger partial charge < -0.3 is 14.8 Å². The van der Waals surface area contributed by atoms with E-state index in [1.807, 2.05) is 0 Å². The Hall–Kier alpha value is -2.03. The van der Waals surface area contributed by atoms with Crippen molar-refractivity contribution in [1.82, 2.24) is 9.99 Å². The molecular formula is C15H23BrN4O4. The molecule has 0 saturated heterocycles. The Morgan fingerprint density at radius 1 is 1.12 bits per heavy atom. The van der Waals surface area contributed by atoms with Gasteiger partial charge in [0.15, 0.2) is 0 Å². The molecule has 2 rings (SSSR count). The van der Waals surface area contributed by atoms with Gasteiger partial charge in [-0.25, -0.2) is 9.59 Å². The van der Waals surface area contributed by atoms with Crippen molar-refractivity contribution >= 4 is 34.9 Å². The van der Waals surface area contributed by atoms with Crippen molar-refractivity contribution < 1.29 is 19.1 Å². The zero-order chi connectivity index (χ0) is 17.0. The Kier molecular flexibility index (Phi) is 7.27. The zero-order valence-corrected chi connectivity index (χ0v) is 16.0. The van der Waals surface area contributed by atoms with E-state index in [2.05, 4.69) is 15.7 Å². The Morgan fingerprint density at radius 3 is 2.00 bits per heavy atom. The van der Waals surface area contributed by atoms with Gasteiger partial charge in [-0.2, -0.15) is 0 Å². The molecule has 9 heteroatoms. The fourth-order valence-electron chi connectivity index (χ4n) is 2.49. The van der Waals surface area contributed by atoms with Crippen LogP contribution in [0.25, 0.3) is 0 Å². The molecular weight excluding hydrogens is 380 g/mol. The second-order valence-corrected chi connectivity index (χ2v) is 4.97. The Morgan fingerprint density at radius 2 is 1.62 bits per heavy atom. The topological polar surface area (TPSA) is 94.0 Å². The summed E-state index contributed by atoms with van der Waals surface area (Å²) in [6.07, 6.45) is 0. The maximum Gasteiger partial charge on any atom is 0.340 e. The number of aromatic nitrogens is 1. The summed E-state index contributed by atoms with van der Waals surface area (Å²) >= 11 is 0. The van der Waals surface area contributed by atoms with Crippen LogP contribution >= 0.6 is 17.0 Å². The standard InChI is InChI=1S/C15H22N4O4.BrH/c1-5-22-13(20)11-9(3)19(18-15-16-7-8-17-15)10(4)12(11)14(21)23-6-2;/h5-8H2,1-4H3,(H2,16,17,18);1H. The maximum absolute atomic E-state index is 12.3. The number of hydrogen-bond acceptors (Lipinski definition) is 7. The minimum atomic E-state index is -0.543. The van der Waals surface area contributed by atoms with Crippen LogP contribution in [0.3, 0.4) is 0 Å². The Bertz CT molecular complexity index is 613. The van der Waals surface area contributed by atoms with Crippen LogP contribution in [-0.4, -0.2) is 48.9 Å². The first-order valence-electron chi connectivity index (χ1n) is 7.62. The number of aliphatic imine (C=N–C) groups is 1. The van der Waals surface area contributed by atoms with Gasteiger partial charge in [0.1, 0.15) is 0 Å². The molecule has 0 atom stereocenters. The number of rotatable bonds is 5. The molecule has 0 fully saturated rings. The van der Waals surface area contributed by atoms with E-state index in [0.717, 1.165) is 6.54 Å². The van der Waals surface area contributed by atoms with Gasteiger partial charge in [-0.15, -0.1) is 17.0 Å². The van der Waals surface area contributed by atoms with Crippen LogP contribution in [0.15, 0.2) is 4.99 Å². The van der Waals surface area contributed by atoms with Gasteiger partial charge in [0.2, 0.25) is 5.96 Å². The van der Waals surface area contributed by atoms with E-state index in [-0.39, 0.29) is 41.3 Å². The number of carbonyl (C=O) groups is 2. The lowest BCUT2D eigenvalue weighted by atomic mass is 10.1. The highest BCUT2D eigenvalue weighted by atomic mass is 79.9. The van der Waals surface area contributed by atoms with E-state index in [1.165, 1.54) is 0 Å². The van der Waals surface area contributed by atoms with Gasteiger partial charge in [0.25, 0.3) is 0 Å². The van der Waals surface area contributed by atoms with E-state index >= 15 is 0 Å². The van der Waals surface area contributed by atoms with Crippen molar-refractivity contribution in [1.29, 1.82) is 0 Å². The molecule has 24 heavy (non-hydrogen) atoms. The maximum atomic E-state index is 12.3. The Balaban J connectivity index is 0.00000288. The predicted octanol–water partition coefficient (Wildman–Crippen LogP) is 1.54. The molecule has 0 aliphatic carbocycles. The number of halogens is 1. The second-order valence-electron chi connectivity index (χ2n) is 4.97. The molecule has 134 valence electrons. The molecule has 0 radical (unpaired) electrons. The number of carbonyl (C=O) groups excluding carboxylic acids is 2. The molecule has 0 saturated carbocycles. The van der Waals surface area contributed by atoms with Crippen LogP contribution in [0.2, 0.25) is 0 Å². The average Bonchev–Trinajstić information content (AvgIpc) is 3.09. The summed E-state index contributed by atoms with van der Waals surface area (Å²) in [5.41, 5.74) is 4.64. The lowest BCUT2D eigenvalue weighted by Crippen LogP contribution is -2.33. The minimum absolute atomic E-state index is 0. The van der Waals surface area contributed by atoms with E-state index in [1.54, 1.807) is 32.4 Å². The summed E-state index contributed by atoms with van der Waals surface area (Å²) in [6, 6.07) is 0. The number of nitrogens with zero attached hydrogens (tertiary/aromatic N) is 2. The molecule has 1 aliphatic rings. The minimum Gasteiger partial charge on any atom is -0.462 e. The summed E-state index contributed by atoms with van der Waals surface area (Å²) in [7, 11) is 0. The number of nitrogens with one attached hydrogen (secondary N) is 2. The van der Waals surface area contributed by atoms with E-state index in [9.17, 15) is 9.59 Å². The van der Waals surface area contributed by atoms with Gasteiger partial charge in [0.05, 0.1) is 42.3 Å². The highest BCUT2D eigenvalue weighted by Crippen LogP contribution is 2.23. The molecule has 0 spiro atoms. The number of esters is 2. The van der Waals surface area contributed by atoms with Crippen LogP contribution < -0.4 is 10.7 Å². The summed E-state index contributed by atoms with van der Waals surface area (Å²) in [5, 5.41) is 3.08. The molecule has 8 nitrogen and oxygen atoms in total. The largest absolute Gasteiger partial charge is 0.462 e. The van der Waals surface area contributed by atoms with Gasteiger partial charge in [-0.3, -0.25) is 15.1 Å². The van der Waals surface area contributed by atoms with Crippen LogP contribution in [0, 0.1) is 13.8 Å². The first-order chi connectivity index (χ1) is 11.0. The molecule has 0 aromatic carbocycles. The fraction of sp³-hybridized carbons (Fsp3) is 0.533. The quantitative estimate of drug-likeness (QED) is 0.725. The molecule has 1 aromatic heterocycles. The van der Waals surface area contributed by atoms with Crippen molar-refractivity contribution in [2.75, 3.05) is 31.7 Å². The number of guanidine groups is 1. The molecule has 0 amide bonds. The summed E-state index contributed by atoms with van der Waals surface area (Å²) in [4.78, 5) is 28.8. The molecule has 0 bridgehead atoms. The fourth-order valence-corrected chi connectivity index (χ4v) is 2.49. The second kappa shape index (κ2) is 8.72. The molecule has 1 aromatic rings. The van der Waals surface area contributed by atoms with Crippen molar-refractivity contribution in [3.05, 3.63) is 22.5 Å². The van der Waals surface area contributed by atoms with E-state index in [4.69, 9.17) is 9.47 Å². The molecule has 0 unspecified atom stereocenters. The van der Waals surface area contributed by atoms with Gasteiger partial charge in [-0.05, 0) is 27.7 Å². The highest BCUT2D eigenvalue weighted by Gasteiger charge is 2.30. The van der Waals surface area contributed by atoms with Gasteiger partial charge in [-0.1, -0.05) is 0 Å². The zero-order valence-electron chi connectivity index (χ0n) is 14.3. The third-order valence-electron chi connectivity index (χ3n) is 3.50. The molecule has 2 N–H and O–H groups in total. The third-order valence-corrected chi connectivity index (χ3v) is 3.50. The van der Waals surface area contributed by atoms with Crippen LogP contribution in [0.5, 0.6) is 0 Å².